The molecular formula is C27H28N2O3. The van der Waals surface area contributed by atoms with E-state index in [0.717, 1.165) is 12.0 Å². The monoisotopic (exact) mass is 428 g/mol. The lowest BCUT2D eigenvalue weighted by Crippen LogP contribution is -2.13. The van der Waals surface area contributed by atoms with Crippen LogP contribution in [0.25, 0.3) is 22.6 Å². The van der Waals surface area contributed by atoms with Gasteiger partial charge in [-0.25, -0.2) is 4.98 Å². The summed E-state index contributed by atoms with van der Waals surface area (Å²) < 4.78 is 11.7. The average molecular weight is 429 g/mol. The van der Waals surface area contributed by atoms with E-state index in [1.54, 1.807) is 12.1 Å². The van der Waals surface area contributed by atoms with Gasteiger partial charge in [0.2, 0.25) is 5.89 Å². The van der Waals surface area contributed by atoms with Crippen molar-refractivity contribution in [2.24, 2.45) is 0 Å². The maximum atomic E-state index is 12.8. The first-order chi connectivity index (χ1) is 15.4. The maximum absolute atomic E-state index is 12.8. The number of nitrogens with zero attached hydrogens (tertiary/aromatic N) is 1. The van der Waals surface area contributed by atoms with E-state index >= 15 is 0 Å². The fourth-order valence-corrected chi connectivity index (χ4v) is 3.37. The molecule has 1 amide bonds. The third-order valence-electron chi connectivity index (χ3n) is 5.48. The number of hydrogen-bond acceptors (Lipinski definition) is 4. The van der Waals surface area contributed by atoms with Crippen LogP contribution in [0.5, 0.6) is 5.75 Å². The Hall–Kier alpha value is -3.60. The Morgan fingerprint density at radius 3 is 2.53 bits per heavy atom. The lowest BCUT2D eigenvalue weighted by molar-refractivity contribution is 0.102. The number of rotatable bonds is 7. The highest BCUT2D eigenvalue weighted by molar-refractivity contribution is 6.05. The lowest BCUT2D eigenvalue weighted by Gasteiger charge is -2.13. The zero-order chi connectivity index (χ0) is 22.7. The van der Waals surface area contributed by atoms with Crippen LogP contribution in [-0.2, 0) is 0 Å². The second kappa shape index (κ2) is 9.27. The van der Waals surface area contributed by atoms with Crippen LogP contribution in [0.3, 0.4) is 0 Å². The predicted molar refractivity (Wildman–Crippen MR) is 128 cm³/mol. The number of amides is 1. The van der Waals surface area contributed by atoms with Gasteiger partial charge in [0.15, 0.2) is 5.58 Å². The summed E-state index contributed by atoms with van der Waals surface area (Å²) in [6, 6.07) is 20.9. The summed E-state index contributed by atoms with van der Waals surface area (Å²) in [6.07, 6.45) is 0.997. The second-order valence-corrected chi connectivity index (χ2v) is 8.30. The number of oxazole rings is 1. The maximum Gasteiger partial charge on any atom is 0.255 e. The molecule has 0 radical (unpaired) electrons. The molecule has 1 aromatic heterocycles. The SMILES string of the molecule is CCC(C)Oc1cccc(C(=O)Nc2ccc3oc(-c4ccc(C(C)C)cc4)nc3c2)c1. The van der Waals surface area contributed by atoms with Gasteiger partial charge in [-0.3, -0.25) is 4.79 Å². The molecule has 1 atom stereocenters. The highest BCUT2D eigenvalue weighted by Gasteiger charge is 2.12. The largest absolute Gasteiger partial charge is 0.491 e. The van der Waals surface area contributed by atoms with Crippen molar-refractivity contribution in [3.63, 3.8) is 0 Å². The van der Waals surface area contributed by atoms with Crippen LogP contribution in [0.2, 0.25) is 0 Å². The summed E-state index contributed by atoms with van der Waals surface area (Å²) in [4.78, 5) is 17.4. The molecule has 32 heavy (non-hydrogen) atoms. The third-order valence-corrected chi connectivity index (χ3v) is 5.48. The first-order valence-corrected chi connectivity index (χ1v) is 11.0. The van der Waals surface area contributed by atoms with Gasteiger partial charge in [-0.15, -0.1) is 0 Å². The van der Waals surface area contributed by atoms with Gasteiger partial charge < -0.3 is 14.5 Å². The smallest absolute Gasteiger partial charge is 0.255 e. The molecule has 0 bridgehead atoms. The number of aromatic nitrogens is 1. The van der Waals surface area contributed by atoms with Crippen molar-refractivity contribution in [2.45, 2.75) is 46.1 Å². The molecule has 0 spiro atoms. The molecule has 5 nitrogen and oxygen atoms in total. The molecule has 5 heteroatoms. The molecule has 4 rings (SSSR count). The normalized spacial score (nSPS) is 12.2. The molecule has 1 heterocycles. The molecule has 1 unspecified atom stereocenters. The van der Waals surface area contributed by atoms with E-state index in [4.69, 9.17) is 9.15 Å². The van der Waals surface area contributed by atoms with Crippen molar-refractivity contribution >= 4 is 22.7 Å². The standard InChI is InChI=1S/C27H28N2O3/c1-5-18(4)31-23-8-6-7-21(15-23)26(30)28-22-13-14-25-24(16-22)29-27(32-25)20-11-9-19(10-12-20)17(2)3/h6-18H,5H2,1-4H3,(H,28,30). The summed E-state index contributed by atoms with van der Waals surface area (Å²) in [6.45, 7) is 8.40. The van der Waals surface area contributed by atoms with Crippen molar-refractivity contribution in [2.75, 3.05) is 5.32 Å². The van der Waals surface area contributed by atoms with E-state index in [9.17, 15) is 4.79 Å². The minimum Gasteiger partial charge on any atom is -0.491 e. The lowest BCUT2D eigenvalue weighted by atomic mass is 10.0. The Morgan fingerprint density at radius 1 is 1.03 bits per heavy atom. The average Bonchev–Trinajstić information content (AvgIpc) is 3.22. The van der Waals surface area contributed by atoms with E-state index in [-0.39, 0.29) is 12.0 Å². The molecule has 4 aromatic rings. The molecule has 0 aliphatic rings. The van der Waals surface area contributed by atoms with Crippen molar-refractivity contribution in [1.29, 1.82) is 0 Å². The number of carbonyl (C=O) groups excluding carboxylic acids is 1. The summed E-state index contributed by atoms with van der Waals surface area (Å²) in [7, 11) is 0. The van der Waals surface area contributed by atoms with E-state index in [1.165, 1.54) is 5.56 Å². The van der Waals surface area contributed by atoms with Crippen molar-refractivity contribution in [3.05, 3.63) is 77.9 Å². The van der Waals surface area contributed by atoms with Gasteiger partial charge in [-0.2, -0.15) is 0 Å². The first kappa shape index (κ1) is 21.6. The number of anilines is 1. The minimum atomic E-state index is -0.202. The predicted octanol–water partition coefficient (Wildman–Crippen LogP) is 7.05. The van der Waals surface area contributed by atoms with E-state index in [1.807, 2.05) is 49.4 Å². The van der Waals surface area contributed by atoms with Gasteiger partial charge in [-0.05, 0) is 73.4 Å². The number of hydrogen-bond donors (Lipinski definition) is 1. The van der Waals surface area contributed by atoms with Gasteiger partial charge >= 0.3 is 0 Å². The number of fused-ring (bicyclic) bond motifs is 1. The van der Waals surface area contributed by atoms with Crippen LogP contribution >= 0.6 is 0 Å². The van der Waals surface area contributed by atoms with Gasteiger partial charge in [0.1, 0.15) is 11.3 Å². The highest BCUT2D eigenvalue weighted by atomic mass is 16.5. The third kappa shape index (κ3) is 4.83. The van der Waals surface area contributed by atoms with Gasteiger partial charge in [0, 0.05) is 16.8 Å². The van der Waals surface area contributed by atoms with Crippen LogP contribution in [0, 0.1) is 0 Å². The molecule has 0 aliphatic carbocycles. The van der Waals surface area contributed by atoms with E-state index < -0.39 is 0 Å². The van der Waals surface area contributed by atoms with Crippen molar-refractivity contribution in [1.82, 2.24) is 4.98 Å². The molecule has 1 N–H and O–H groups in total. The summed E-state index contributed by atoms with van der Waals surface area (Å²) in [5, 5.41) is 2.94. The number of ether oxygens (including phenoxy) is 1. The Bertz CT molecular complexity index is 1230. The fourth-order valence-electron chi connectivity index (χ4n) is 3.37. The van der Waals surface area contributed by atoms with Crippen LogP contribution in [0.1, 0.15) is 56.0 Å². The van der Waals surface area contributed by atoms with Gasteiger partial charge in [0.05, 0.1) is 6.10 Å². The summed E-state index contributed by atoms with van der Waals surface area (Å²) in [5.41, 5.74) is 4.76. The molecular weight excluding hydrogens is 400 g/mol. The topological polar surface area (TPSA) is 64.4 Å². The molecule has 0 fully saturated rings. The molecule has 3 aromatic carbocycles. The van der Waals surface area contributed by atoms with E-state index in [2.05, 4.69) is 43.2 Å². The Labute approximate surface area is 188 Å². The summed E-state index contributed by atoms with van der Waals surface area (Å²) >= 11 is 0. The highest BCUT2D eigenvalue weighted by Crippen LogP contribution is 2.28. The van der Waals surface area contributed by atoms with E-state index in [0.29, 0.717) is 39.9 Å². The first-order valence-electron chi connectivity index (χ1n) is 11.0. The van der Waals surface area contributed by atoms with Crippen LogP contribution in [0.15, 0.2) is 71.1 Å². The molecule has 0 saturated carbocycles. The Morgan fingerprint density at radius 2 is 1.81 bits per heavy atom. The van der Waals surface area contributed by atoms with Crippen LogP contribution in [0.4, 0.5) is 5.69 Å². The zero-order valence-electron chi connectivity index (χ0n) is 18.9. The van der Waals surface area contributed by atoms with Crippen molar-refractivity contribution < 1.29 is 13.9 Å². The second-order valence-electron chi connectivity index (χ2n) is 8.30. The van der Waals surface area contributed by atoms with Crippen LogP contribution < -0.4 is 10.1 Å². The molecule has 0 saturated heterocycles. The Balaban J connectivity index is 1.52. The fraction of sp³-hybridized carbons (Fsp3) is 0.259. The van der Waals surface area contributed by atoms with Gasteiger partial charge in [0.25, 0.3) is 5.91 Å². The zero-order valence-corrected chi connectivity index (χ0v) is 18.9. The minimum absolute atomic E-state index is 0.0960. The van der Waals surface area contributed by atoms with Crippen molar-refractivity contribution in [3.8, 4) is 17.2 Å². The van der Waals surface area contributed by atoms with Crippen LogP contribution in [-0.4, -0.2) is 17.0 Å². The molecule has 164 valence electrons. The molecule has 0 aliphatic heterocycles. The quantitative estimate of drug-likeness (QED) is 0.343. The summed E-state index contributed by atoms with van der Waals surface area (Å²) in [5.74, 6) is 1.52. The Kier molecular flexibility index (Phi) is 6.26. The number of nitrogens with one attached hydrogen (secondary N) is 1. The number of benzene rings is 3. The van der Waals surface area contributed by atoms with Gasteiger partial charge in [-0.1, -0.05) is 39.0 Å². The number of carbonyl (C=O) groups is 1.